The third kappa shape index (κ3) is 9.55. The van der Waals surface area contributed by atoms with Gasteiger partial charge in [0.1, 0.15) is 0 Å². The van der Waals surface area contributed by atoms with Gasteiger partial charge in [0.25, 0.3) is 0 Å². The number of aliphatic hydroxyl groups excluding tert-OH is 3. The van der Waals surface area contributed by atoms with E-state index in [0.717, 1.165) is 19.3 Å². The summed E-state index contributed by atoms with van der Waals surface area (Å²) in [7, 11) is 0. The zero-order valence-corrected chi connectivity index (χ0v) is 19.0. The topological polar surface area (TPSA) is 87.0 Å². The minimum absolute atomic E-state index is 0.00652. The highest BCUT2D eigenvalue weighted by molar-refractivity contribution is 5.69. The minimum atomic E-state index is -0.513. The molecule has 0 bridgehead atoms. The summed E-state index contributed by atoms with van der Waals surface area (Å²) in [6, 6.07) is 10.1. The number of aryl methyl sites for hydroxylation is 1. The summed E-state index contributed by atoms with van der Waals surface area (Å²) in [4.78, 5) is 11.5. The van der Waals surface area contributed by atoms with E-state index in [1.165, 1.54) is 5.56 Å². The predicted octanol–water partition coefficient (Wildman–Crippen LogP) is 4.19. The standard InChI is InChI=1S/C26H40O5/c1-19(2)31-26(30)13-9-4-3-8-12-22-23(25(29)18-24(22)28)17-16-21(27)15-14-20-10-6-5-7-11-20/h3,5-8,10-11,19,21-25,27-29H,4,9,12-18H2,1-2H3/b8-3+/t21-,22+,23-,24+,25+/m1/s1. The van der Waals surface area contributed by atoms with E-state index in [1.54, 1.807) is 0 Å². The number of ether oxygens (including phenoxy) is 1. The number of hydrogen-bond donors (Lipinski definition) is 3. The Labute approximate surface area is 187 Å². The van der Waals surface area contributed by atoms with Gasteiger partial charge in [0, 0.05) is 6.42 Å². The van der Waals surface area contributed by atoms with E-state index in [0.29, 0.717) is 38.5 Å². The molecule has 0 aromatic heterocycles. The molecule has 0 unspecified atom stereocenters. The fraction of sp³-hybridized carbons (Fsp3) is 0.654. The van der Waals surface area contributed by atoms with Crippen LogP contribution < -0.4 is 0 Å². The van der Waals surface area contributed by atoms with E-state index in [4.69, 9.17) is 4.74 Å². The van der Waals surface area contributed by atoms with Crippen molar-refractivity contribution in [2.45, 2.75) is 96.1 Å². The second-order valence-electron chi connectivity index (χ2n) is 9.09. The Kier molecular flexibility index (Phi) is 11.3. The van der Waals surface area contributed by atoms with Gasteiger partial charge in [-0.15, -0.1) is 0 Å². The first kappa shape index (κ1) is 25.6. The van der Waals surface area contributed by atoms with Crippen LogP contribution in [0.3, 0.4) is 0 Å². The molecule has 5 nitrogen and oxygen atoms in total. The van der Waals surface area contributed by atoms with Crippen molar-refractivity contribution in [3.05, 3.63) is 48.0 Å². The Morgan fingerprint density at radius 1 is 1.10 bits per heavy atom. The van der Waals surface area contributed by atoms with Crippen LogP contribution in [0.15, 0.2) is 42.5 Å². The lowest BCUT2D eigenvalue weighted by Crippen LogP contribution is -2.23. The van der Waals surface area contributed by atoms with Gasteiger partial charge < -0.3 is 20.1 Å². The zero-order valence-electron chi connectivity index (χ0n) is 19.0. The van der Waals surface area contributed by atoms with Gasteiger partial charge in [-0.05, 0) is 82.6 Å². The highest BCUT2D eigenvalue weighted by atomic mass is 16.5. The number of carbonyl (C=O) groups excluding carboxylic acids is 1. The summed E-state index contributed by atoms with van der Waals surface area (Å²) in [6.07, 6.45) is 8.58. The first-order valence-electron chi connectivity index (χ1n) is 11.8. The van der Waals surface area contributed by atoms with Crippen molar-refractivity contribution < 1.29 is 24.9 Å². The van der Waals surface area contributed by atoms with Gasteiger partial charge in [-0.25, -0.2) is 0 Å². The molecule has 1 aliphatic rings. The van der Waals surface area contributed by atoms with Crippen molar-refractivity contribution in [3.63, 3.8) is 0 Å². The molecule has 0 aliphatic heterocycles. The van der Waals surface area contributed by atoms with Crippen molar-refractivity contribution in [1.82, 2.24) is 0 Å². The van der Waals surface area contributed by atoms with E-state index in [2.05, 4.69) is 18.2 Å². The zero-order chi connectivity index (χ0) is 22.6. The lowest BCUT2D eigenvalue weighted by Gasteiger charge is -2.23. The van der Waals surface area contributed by atoms with Crippen molar-refractivity contribution in [1.29, 1.82) is 0 Å². The van der Waals surface area contributed by atoms with Crippen LogP contribution >= 0.6 is 0 Å². The van der Waals surface area contributed by atoms with Gasteiger partial charge in [0.05, 0.1) is 24.4 Å². The second kappa shape index (κ2) is 13.7. The number of aliphatic hydroxyl groups is 3. The molecular formula is C26H40O5. The monoisotopic (exact) mass is 432 g/mol. The fourth-order valence-electron chi connectivity index (χ4n) is 4.47. The van der Waals surface area contributed by atoms with E-state index in [-0.39, 0.29) is 23.9 Å². The molecule has 0 heterocycles. The van der Waals surface area contributed by atoms with Crippen LogP contribution in [0.25, 0.3) is 0 Å². The molecule has 0 saturated heterocycles. The fourth-order valence-corrected chi connectivity index (χ4v) is 4.47. The Morgan fingerprint density at radius 2 is 1.81 bits per heavy atom. The molecule has 1 aromatic carbocycles. The quantitative estimate of drug-likeness (QED) is 0.247. The summed E-state index contributed by atoms with van der Waals surface area (Å²) in [5.41, 5.74) is 1.22. The van der Waals surface area contributed by atoms with Gasteiger partial charge >= 0.3 is 5.97 Å². The number of allylic oxidation sites excluding steroid dienone is 2. The lowest BCUT2D eigenvalue weighted by molar-refractivity contribution is -0.147. The summed E-state index contributed by atoms with van der Waals surface area (Å²) in [6.45, 7) is 3.69. The Hall–Kier alpha value is -1.69. The molecule has 5 atom stereocenters. The van der Waals surface area contributed by atoms with E-state index in [9.17, 15) is 20.1 Å². The molecule has 1 saturated carbocycles. The normalized spacial score (nSPS) is 24.7. The molecule has 31 heavy (non-hydrogen) atoms. The Balaban J connectivity index is 1.70. The van der Waals surface area contributed by atoms with Gasteiger partial charge in [0.2, 0.25) is 0 Å². The number of hydrogen-bond acceptors (Lipinski definition) is 5. The van der Waals surface area contributed by atoms with Crippen molar-refractivity contribution >= 4 is 5.97 Å². The lowest BCUT2D eigenvalue weighted by atomic mass is 9.85. The molecule has 1 fully saturated rings. The number of rotatable bonds is 13. The average Bonchev–Trinajstić information content (AvgIpc) is 3.00. The number of benzene rings is 1. The highest BCUT2D eigenvalue weighted by Gasteiger charge is 2.40. The van der Waals surface area contributed by atoms with Crippen LogP contribution in [0.5, 0.6) is 0 Å². The highest BCUT2D eigenvalue weighted by Crippen LogP contribution is 2.38. The summed E-state index contributed by atoms with van der Waals surface area (Å²) in [5.74, 6) is -0.144. The maximum atomic E-state index is 11.5. The SMILES string of the molecule is CC(C)OC(=O)CCC/C=C/C[C@H]1[C@@H](CC[C@H](O)CCc2ccccc2)[C@@H](O)C[C@@H]1O. The maximum Gasteiger partial charge on any atom is 0.306 e. The third-order valence-corrected chi connectivity index (χ3v) is 6.16. The van der Waals surface area contributed by atoms with Gasteiger partial charge in [-0.1, -0.05) is 42.5 Å². The molecule has 1 aliphatic carbocycles. The van der Waals surface area contributed by atoms with Crippen LogP contribution in [-0.2, 0) is 16.0 Å². The largest absolute Gasteiger partial charge is 0.463 e. The van der Waals surface area contributed by atoms with Gasteiger partial charge in [0.15, 0.2) is 0 Å². The maximum absolute atomic E-state index is 11.5. The van der Waals surface area contributed by atoms with Crippen molar-refractivity contribution in [2.75, 3.05) is 0 Å². The number of esters is 1. The molecule has 0 radical (unpaired) electrons. The Morgan fingerprint density at radius 3 is 2.52 bits per heavy atom. The molecule has 3 N–H and O–H groups in total. The molecule has 174 valence electrons. The average molecular weight is 433 g/mol. The van der Waals surface area contributed by atoms with Crippen molar-refractivity contribution in [3.8, 4) is 0 Å². The van der Waals surface area contributed by atoms with Crippen LogP contribution in [0.1, 0.15) is 70.8 Å². The van der Waals surface area contributed by atoms with Crippen molar-refractivity contribution in [2.24, 2.45) is 11.8 Å². The van der Waals surface area contributed by atoms with E-state index in [1.807, 2.05) is 38.1 Å². The Bertz CT molecular complexity index is 657. The van der Waals surface area contributed by atoms with Crippen LogP contribution in [0.4, 0.5) is 0 Å². The predicted molar refractivity (Wildman–Crippen MR) is 122 cm³/mol. The molecule has 5 heteroatoms. The third-order valence-electron chi connectivity index (χ3n) is 6.16. The number of carbonyl (C=O) groups is 1. The van der Waals surface area contributed by atoms with Crippen LogP contribution in [-0.4, -0.2) is 45.7 Å². The molecule has 1 aromatic rings. The second-order valence-corrected chi connectivity index (χ2v) is 9.09. The van der Waals surface area contributed by atoms with E-state index >= 15 is 0 Å². The van der Waals surface area contributed by atoms with Crippen LogP contribution in [0.2, 0.25) is 0 Å². The summed E-state index contributed by atoms with van der Waals surface area (Å²) in [5, 5.41) is 31.2. The van der Waals surface area contributed by atoms with Crippen LogP contribution in [0, 0.1) is 11.8 Å². The van der Waals surface area contributed by atoms with Gasteiger partial charge in [-0.2, -0.15) is 0 Å². The molecular weight excluding hydrogens is 392 g/mol. The summed E-state index contributed by atoms with van der Waals surface area (Å²) < 4.78 is 5.12. The first-order chi connectivity index (χ1) is 14.9. The smallest absolute Gasteiger partial charge is 0.306 e. The van der Waals surface area contributed by atoms with Gasteiger partial charge in [-0.3, -0.25) is 4.79 Å². The van der Waals surface area contributed by atoms with E-state index < -0.39 is 18.3 Å². The number of unbranched alkanes of at least 4 members (excludes halogenated alkanes) is 1. The first-order valence-corrected chi connectivity index (χ1v) is 11.8. The molecule has 2 rings (SSSR count). The minimum Gasteiger partial charge on any atom is -0.463 e. The molecule has 0 spiro atoms. The summed E-state index contributed by atoms with van der Waals surface area (Å²) >= 11 is 0. The molecule has 0 amide bonds.